The number of ether oxygens (including phenoxy) is 2. The lowest BCUT2D eigenvalue weighted by Crippen LogP contribution is -2.30. The SMILES string of the molecule is COC(=O)CCc1c(C)nn(-c2ccc(C(=O)OC(C)C(=O)Nc3cccnc3Cl)cc2)c1C. The molecule has 3 aromatic rings. The van der Waals surface area contributed by atoms with Crippen molar-refractivity contribution in [2.75, 3.05) is 12.4 Å². The predicted molar refractivity (Wildman–Crippen MR) is 126 cm³/mol. The van der Waals surface area contributed by atoms with Crippen LogP contribution >= 0.6 is 11.6 Å². The first-order valence-corrected chi connectivity index (χ1v) is 10.9. The number of pyridine rings is 1. The molecule has 0 bridgehead atoms. The van der Waals surface area contributed by atoms with Gasteiger partial charge in [0.25, 0.3) is 5.91 Å². The third kappa shape index (κ3) is 5.79. The number of carbonyl (C=O) groups excluding carboxylic acids is 3. The Labute approximate surface area is 202 Å². The number of aryl methyl sites for hydroxylation is 1. The van der Waals surface area contributed by atoms with E-state index in [9.17, 15) is 14.4 Å². The molecule has 10 heteroatoms. The third-order valence-corrected chi connectivity index (χ3v) is 5.57. The zero-order chi connectivity index (χ0) is 24.8. The van der Waals surface area contributed by atoms with Gasteiger partial charge in [0.2, 0.25) is 0 Å². The molecule has 0 radical (unpaired) electrons. The molecule has 9 nitrogen and oxygen atoms in total. The maximum absolute atomic E-state index is 12.5. The van der Waals surface area contributed by atoms with E-state index in [1.807, 2.05) is 13.8 Å². The van der Waals surface area contributed by atoms with Gasteiger partial charge in [0.15, 0.2) is 11.3 Å². The molecule has 0 spiro atoms. The Bertz CT molecular complexity index is 1210. The van der Waals surface area contributed by atoms with Gasteiger partial charge in [0, 0.05) is 18.3 Å². The van der Waals surface area contributed by atoms with E-state index in [1.165, 1.54) is 20.2 Å². The third-order valence-electron chi connectivity index (χ3n) is 5.27. The van der Waals surface area contributed by atoms with Crippen LogP contribution in [0.2, 0.25) is 5.15 Å². The number of nitrogens with zero attached hydrogens (tertiary/aromatic N) is 3. The Balaban J connectivity index is 1.66. The lowest BCUT2D eigenvalue weighted by Gasteiger charge is -2.14. The van der Waals surface area contributed by atoms with Gasteiger partial charge in [-0.15, -0.1) is 0 Å². The summed E-state index contributed by atoms with van der Waals surface area (Å²) in [6.45, 7) is 5.27. The minimum atomic E-state index is -1.04. The topological polar surface area (TPSA) is 112 Å². The fourth-order valence-corrected chi connectivity index (χ4v) is 3.52. The number of halogens is 1. The van der Waals surface area contributed by atoms with E-state index in [0.717, 1.165) is 22.6 Å². The number of anilines is 1. The zero-order valence-electron chi connectivity index (χ0n) is 19.3. The van der Waals surface area contributed by atoms with E-state index in [-0.39, 0.29) is 23.1 Å². The molecule has 1 aromatic carbocycles. The van der Waals surface area contributed by atoms with Crippen LogP contribution in [0.5, 0.6) is 0 Å². The molecule has 1 amide bonds. The molecular weight excluding hydrogens is 460 g/mol. The van der Waals surface area contributed by atoms with E-state index < -0.39 is 18.0 Å². The van der Waals surface area contributed by atoms with E-state index in [0.29, 0.717) is 12.1 Å². The highest BCUT2D eigenvalue weighted by Gasteiger charge is 2.20. The number of hydrogen-bond acceptors (Lipinski definition) is 7. The second-order valence-corrected chi connectivity index (χ2v) is 7.92. The summed E-state index contributed by atoms with van der Waals surface area (Å²) >= 11 is 5.94. The molecule has 0 aliphatic carbocycles. The highest BCUT2D eigenvalue weighted by Crippen LogP contribution is 2.21. The first-order valence-electron chi connectivity index (χ1n) is 10.6. The Hall–Kier alpha value is -3.72. The fourth-order valence-electron chi connectivity index (χ4n) is 3.35. The van der Waals surface area contributed by atoms with Gasteiger partial charge in [-0.2, -0.15) is 5.10 Å². The highest BCUT2D eigenvalue weighted by atomic mass is 35.5. The predicted octanol–water partition coefficient (Wildman–Crippen LogP) is 3.83. The summed E-state index contributed by atoms with van der Waals surface area (Å²) < 4.78 is 11.8. The van der Waals surface area contributed by atoms with Crippen molar-refractivity contribution in [2.24, 2.45) is 0 Å². The molecular formula is C24H25ClN4O5. The van der Waals surface area contributed by atoms with Crippen LogP contribution in [0, 0.1) is 13.8 Å². The maximum Gasteiger partial charge on any atom is 0.338 e. The summed E-state index contributed by atoms with van der Waals surface area (Å²) in [6.07, 6.45) is 1.25. The minimum Gasteiger partial charge on any atom is -0.469 e. The Morgan fingerprint density at radius 2 is 1.85 bits per heavy atom. The molecule has 0 fully saturated rings. The van der Waals surface area contributed by atoms with Gasteiger partial charge >= 0.3 is 11.9 Å². The van der Waals surface area contributed by atoms with Crippen molar-refractivity contribution < 1.29 is 23.9 Å². The number of nitrogens with one attached hydrogen (secondary N) is 1. The molecule has 0 saturated heterocycles. The molecule has 0 aliphatic heterocycles. The number of benzene rings is 1. The highest BCUT2D eigenvalue weighted by molar-refractivity contribution is 6.32. The first-order chi connectivity index (χ1) is 16.2. The van der Waals surface area contributed by atoms with Crippen LogP contribution in [-0.4, -0.2) is 45.8 Å². The smallest absolute Gasteiger partial charge is 0.338 e. The number of amides is 1. The van der Waals surface area contributed by atoms with Gasteiger partial charge in [-0.1, -0.05) is 11.6 Å². The number of esters is 2. The van der Waals surface area contributed by atoms with Crippen molar-refractivity contribution >= 4 is 35.1 Å². The Morgan fingerprint density at radius 1 is 1.15 bits per heavy atom. The number of methoxy groups -OCH3 is 1. The van der Waals surface area contributed by atoms with Crippen molar-refractivity contribution in [3.63, 3.8) is 0 Å². The number of hydrogen-bond donors (Lipinski definition) is 1. The van der Waals surface area contributed by atoms with E-state index >= 15 is 0 Å². The second-order valence-electron chi connectivity index (χ2n) is 7.56. The van der Waals surface area contributed by atoms with Gasteiger partial charge in [-0.3, -0.25) is 9.59 Å². The molecule has 1 unspecified atom stereocenters. The summed E-state index contributed by atoms with van der Waals surface area (Å²) in [5.74, 6) is -1.44. The molecule has 1 N–H and O–H groups in total. The lowest BCUT2D eigenvalue weighted by atomic mass is 10.1. The van der Waals surface area contributed by atoms with Crippen LogP contribution in [-0.2, 0) is 25.5 Å². The minimum absolute atomic E-state index is 0.141. The van der Waals surface area contributed by atoms with Gasteiger partial charge in [-0.25, -0.2) is 14.5 Å². The largest absolute Gasteiger partial charge is 0.469 e. The number of rotatable bonds is 8. The van der Waals surface area contributed by atoms with Crippen molar-refractivity contribution in [1.82, 2.24) is 14.8 Å². The summed E-state index contributed by atoms with van der Waals surface area (Å²) in [5.41, 5.74) is 4.06. The molecule has 0 aliphatic rings. The van der Waals surface area contributed by atoms with E-state index in [2.05, 4.69) is 15.4 Å². The normalized spacial score (nSPS) is 11.6. The van der Waals surface area contributed by atoms with Gasteiger partial charge in [0.1, 0.15) is 0 Å². The van der Waals surface area contributed by atoms with Crippen LogP contribution in [0.25, 0.3) is 5.69 Å². The van der Waals surface area contributed by atoms with Crippen LogP contribution in [0.1, 0.15) is 40.7 Å². The Kier molecular flexibility index (Phi) is 8.01. The summed E-state index contributed by atoms with van der Waals surface area (Å²) in [4.78, 5) is 40.2. The molecule has 178 valence electrons. The van der Waals surface area contributed by atoms with Gasteiger partial charge in [-0.05, 0) is 69.2 Å². The van der Waals surface area contributed by atoms with Gasteiger partial charge in [0.05, 0.1) is 29.7 Å². The molecule has 0 saturated carbocycles. The van der Waals surface area contributed by atoms with Crippen LogP contribution < -0.4 is 5.32 Å². The zero-order valence-corrected chi connectivity index (χ0v) is 20.0. The summed E-state index contributed by atoms with van der Waals surface area (Å²) in [5, 5.41) is 7.28. The van der Waals surface area contributed by atoms with Gasteiger partial charge < -0.3 is 14.8 Å². The summed E-state index contributed by atoms with van der Waals surface area (Å²) in [7, 11) is 1.36. The molecule has 34 heavy (non-hydrogen) atoms. The van der Waals surface area contributed by atoms with E-state index in [1.54, 1.807) is 41.1 Å². The number of carbonyl (C=O) groups is 3. The quantitative estimate of drug-likeness (QED) is 0.382. The monoisotopic (exact) mass is 484 g/mol. The van der Waals surface area contributed by atoms with Crippen molar-refractivity contribution in [1.29, 1.82) is 0 Å². The fraction of sp³-hybridized carbons (Fsp3) is 0.292. The van der Waals surface area contributed by atoms with Crippen molar-refractivity contribution in [3.05, 3.63) is 70.3 Å². The van der Waals surface area contributed by atoms with Crippen LogP contribution in [0.4, 0.5) is 5.69 Å². The summed E-state index contributed by atoms with van der Waals surface area (Å²) in [6, 6.07) is 9.90. The standard InChI is InChI=1S/C24H25ClN4O5/c1-14-19(11-12-21(30)33-4)15(2)29(28-14)18-9-7-17(8-10-18)24(32)34-16(3)23(31)27-20-6-5-13-26-22(20)25/h5-10,13,16H,11-12H2,1-4H3,(H,27,31). The maximum atomic E-state index is 12.5. The number of aromatic nitrogens is 3. The molecule has 3 rings (SSSR count). The molecule has 2 heterocycles. The average Bonchev–Trinajstić information content (AvgIpc) is 3.11. The molecule has 2 aromatic heterocycles. The second kappa shape index (κ2) is 10.9. The Morgan fingerprint density at radius 3 is 2.50 bits per heavy atom. The first kappa shape index (κ1) is 24.9. The van der Waals surface area contributed by atoms with Crippen molar-refractivity contribution in [2.45, 2.75) is 39.7 Å². The van der Waals surface area contributed by atoms with Crippen LogP contribution in [0.15, 0.2) is 42.6 Å². The van der Waals surface area contributed by atoms with E-state index in [4.69, 9.17) is 21.1 Å². The lowest BCUT2D eigenvalue weighted by molar-refractivity contribution is -0.140. The van der Waals surface area contributed by atoms with Crippen LogP contribution in [0.3, 0.4) is 0 Å². The van der Waals surface area contributed by atoms with Crippen molar-refractivity contribution in [3.8, 4) is 5.69 Å². The molecule has 1 atom stereocenters. The average molecular weight is 485 g/mol.